The maximum Gasteiger partial charge on any atom is 0.160 e. The Morgan fingerprint density at radius 2 is 2.04 bits per heavy atom. The topological polar surface area (TPSA) is 68.0 Å². The summed E-state index contributed by atoms with van der Waals surface area (Å²) < 4.78 is 1.96. The molecule has 4 aromatic rings. The Bertz CT molecular complexity index is 996. The molecule has 0 bridgehead atoms. The minimum Gasteiger partial charge on any atom is -0.360 e. The Morgan fingerprint density at radius 1 is 1.13 bits per heavy atom. The Balaban J connectivity index is 1.73. The minimum atomic E-state index is -0.0684. The van der Waals surface area contributed by atoms with Gasteiger partial charge in [-0.25, -0.2) is 9.97 Å². The molecule has 0 aliphatic carbocycles. The van der Waals surface area contributed by atoms with Crippen LogP contribution in [0.25, 0.3) is 16.6 Å². The number of rotatable bonds is 3. The van der Waals surface area contributed by atoms with Crippen molar-refractivity contribution in [3.63, 3.8) is 0 Å². The zero-order valence-corrected chi connectivity index (χ0v) is 13.1. The third kappa shape index (κ3) is 2.47. The van der Waals surface area contributed by atoms with E-state index in [-0.39, 0.29) is 6.04 Å². The Hall–Kier alpha value is -2.73. The lowest BCUT2D eigenvalue weighted by Gasteiger charge is -2.14. The smallest absolute Gasteiger partial charge is 0.160 e. The van der Waals surface area contributed by atoms with Crippen molar-refractivity contribution >= 4 is 34.0 Å². The molecule has 0 amide bonds. The molecular formula is C16H13ClN6. The first-order valence-corrected chi connectivity index (χ1v) is 7.56. The summed E-state index contributed by atoms with van der Waals surface area (Å²) in [6.07, 6.45) is 3.47. The van der Waals surface area contributed by atoms with E-state index < -0.39 is 0 Å². The largest absolute Gasteiger partial charge is 0.360 e. The number of hydrogen-bond acceptors (Lipinski definition) is 5. The molecule has 0 spiro atoms. The molecule has 4 rings (SSSR count). The van der Waals surface area contributed by atoms with Crippen LogP contribution in [-0.4, -0.2) is 24.6 Å². The number of nitrogens with one attached hydrogen (secondary N) is 1. The van der Waals surface area contributed by atoms with Gasteiger partial charge < -0.3 is 5.32 Å². The maximum atomic E-state index is 6.02. The number of benzene rings is 1. The summed E-state index contributed by atoms with van der Waals surface area (Å²) in [4.78, 5) is 8.60. The molecule has 0 saturated carbocycles. The van der Waals surface area contributed by atoms with Crippen molar-refractivity contribution in [3.8, 4) is 0 Å². The van der Waals surface area contributed by atoms with Crippen molar-refractivity contribution in [2.75, 3.05) is 5.32 Å². The molecule has 0 saturated heterocycles. The van der Waals surface area contributed by atoms with Gasteiger partial charge >= 0.3 is 0 Å². The average molecular weight is 325 g/mol. The van der Waals surface area contributed by atoms with Gasteiger partial charge in [-0.1, -0.05) is 17.7 Å². The second-order valence-electron chi connectivity index (χ2n) is 5.24. The van der Waals surface area contributed by atoms with Crippen molar-refractivity contribution in [1.29, 1.82) is 0 Å². The van der Waals surface area contributed by atoms with Crippen LogP contribution >= 0.6 is 11.6 Å². The zero-order valence-electron chi connectivity index (χ0n) is 12.3. The molecule has 7 heteroatoms. The number of hydrogen-bond donors (Lipinski definition) is 1. The van der Waals surface area contributed by atoms with Crippen LogP contribution in [0.3, 0.4) is 0 Å². The first-order chi connectivity index (χ1) is 11.2. The van der Waals surface area contributed by atoms with Gasteiger partial charge in [-0.05, 0) is 37.3 Å². The Kier molecular flexibility index (Phi) is 3.31. The zero-order chi connectivity index (χ0) is 15.8. The highest BCUT2D eigenvalue weighted by atomic mass is 35.5. The highest BCUT2D eigenvalue weighted by molar-refractivity contribution is 6.31. The second-order valence-corrected chi connectivity index (χ2v) is 5.67. The Labute approximate surface area is 137 Å². The fraction of sp³-hybridized carbons (Fsp3) is 0.125. The molecule has 3 aromatic heterocycles. The molecule has 1 unspecified atom stereocenters. The molecule has 0 fully saturated rings. The standard InChI is InChI=1S/C16H13ClN6/c1-10(16-22-21-14-4-2-3-7-23(14)16)20-15-12-6-5-11(17)8-13(12)18-9-19-15/h2-10H,1H3,(H,18,19,20). The maximum absolute atomic E-state index is 6.02. The molecule has 1 aromatic carbocycles. The third-order valence-corrected chi connectivity index (χ3v) is 3.91. The lowest BCUT2D eigenvalue weighted by atomic mass is 10.2. The quantitative estimate of drug-likeness (QED) is 0.624. The van der Waals surface area contributed by atoms with Crippen molar-refractivity contribution in [1.82, 2.24) is 24.6 Å². The second kappa shape index (κ2) is 5.48. The van der Waals surface area contributed by atoms with Crippen LogP contribution in [0.5, 0.6) is 0 Å². The molecular weight excluding hydrogens is 312 g/mol. The van der Waals surface area contributed by atoms with Crippen LogP contribution in [0.1, 0.15) is 18.8 Å². The molecule has 1 N–H and O–H groups in total. The van der Waals surface area contributed by atoms with E-state index in [1.807, 2.05) is 53.9 Å². The van der Waals surface area contributed by atoms with Crippen molar-refractivity contribution in [2.45, 2.75) is 13.0 Å². The predicted octanol–water partition coefficient (Wildman–Crippen LogP) is 3.50. The van der Waals surface area contributed by atoms with E-state index in [1.54, 1.807) is 0 Å². The van der Waals surface area contributed by atoms with Gasteiger partial charge in [0.15, 0.2) is 11.5 Å². The van der Waals surface area contributed by atoms with E-state index in [1.165, 1.54) is 6.33 Å². The molecule has 114 valence electrons. The van der Waals surface area contributed by atoms with Crippen LogP contribution in [0.15, 0.2) is 48.9 Å². The summed E-state index contributed by atoms with van der Waals surface area (Å²) in [5.74, 6) is 1.56. The van der Waals surface area contributed by atoms with E-state index in [2.05, 4.69) is 25.5 Å². The summed E-state index contributed by atoms with van der Waals surface area (Å²) in [6.45, 7) is 2.02. The third-order valence-electron chi connectivity index (χ3n) is 3.68. The number of nitrogens with zero attached hydrogens (tertiary/aromatic N) is 5. The van der Waals surface area contributed by atoms with Crippen LogP contribution in [0, 0.1) is 0 Å². The van der Waals surface area contributed by atoms with Gasteiger partial charge in [-0.2, -0.15) is 0 Å². The minimum absolute atomic E-state index is 0.0684. The molecule has 0 aliphatic heterocycles. The van der Waals surface area contributed by atoms with Crippen LogP contribution in [-0.2, 0) is 0 Å². The summed E-state index contributed by atoms with van der Waals surface area (Å²) in [6, 6.07) is 11.3. The monoisotopic (exact) mass is 324 g/mol. The van der Waals surface area contributed by atoms with Gasteiger partial charge in [0.05, 0.1) is 11.6 Å². The van der Waals surface area contributed by atoms with Crippen LogP contribution in [0.4, 0.5) is 5.82 Å². The molecule has 6 nitrogen and oxygen atoms in total. The Morgan fingerprint density at radius 3 is 2.96 bits per heavy atom. The first-order valence-electron chi connectivity index (χ1n) is 7.19. The van der Waals surface area contributed by atoms with Crippen LogP contribution < -0.4 is 5.32 Å². The van der Waals surface area contributed by atoms with E-state index in [0.29, 0.717) is 5.02 Å². The highest BCUT2D eigenvalue weighted by Gasteiger charge is 2.15. The number of fused-ring (bicyclic) bond motifs is 2. The van der Waals surface area contributed by atoms with Crippen molar-refractivity contribution in [2.24, 2.45) is 0 Å². The van der Waals surface area contributed by atoms with Gasteiger partial charge in [-0.3, -0.25) is 4.40 Å². The fourth-order valence-electron chi connectivity index (χ4n) is 2.57. The SMILES string of the molecule is CC(Nc1ncnc2cc(Cl)ccc12)c1nnc2ccccn12. The van der Waals surface area contributed by atoms with E-state index in [0.717, 1.165) is 28.2 Å². The highest BCUT2D eigenvalue weighted by Crippen LogP contribution is 2.25. The first kappa shape index (κ1) is 13.9. The molecule has 0 aliphatic rings. The summed E-state index contributed by atoms with van der Waals surface area (Å²) >= 11 is 6.02. The lowest BCUT2D eigenvalue weighted by molar-refractivity contribution is 0.769. The summed E-state index contributed by atoms with van der Waals surface area (Å²) in [7, 11) is 0. The number of anilines is 1. The molecule has 23 heavy (non-hydrogen) atoms. The van der Waals surface area contributed by atoms with E-state index >= 15 is 0 Å². The van der Waals surface area contributed by atoms with E-state index in [4.69, 9.17) is 11.6 Å². The van der Waals surface area contributed by atoms with Gasteiger partial charge in [0, 0.05) is 16.6 Å². The van der Waals surface area contributed by atoms with Gasteiger partial charge in [0.25, 0.3) is 0 Å². The predicted molar refractivity (Wildman–Crippen MR) is 89.6 cm³/mol. The van der Waals surface area contributed by atoms with E-state index in [9.17, 15) is 0 Å². The average Bonchev–Trinajstić information content (AvgIpc) is 2.99. The molecule has 3 heterocycles. The number of pyridine rings is 1. The van der Waals surface area contributed by atoms with Gasteiger partial charge in [-0.15, -0.1) is 10.2 Å². The van der Waals surface area contributed by atoms with Gasteiger partial charge in [0.1, 0.15) is 12.1 Å². The fourth-order valence-corrected chi connectivity index (χ4v) is 2.74. The van der Waals surface area contributed by atoms with Gasteiger partial charge in [0.2, 0.25) is 0 Å². The number of halogens is 1. The summed E-state index contributed by atoms with van der Waals surface area (Å²) in [5.41, 5.74) is 1.61. The number of aromatic nitrogens is 5. The molecule has 1 atom stereocenters. The van der Waals surface area contributed by atoms with Crippen molar-refractivity contribution in [3.05, 3.63) is 59.8 Å². The summed E-state index contributed by atoms with van der Waals surface area (Å²) in [5, 5.41) is 13.4. The normalized spacial score (nSPS) is 12.6. The van der Waals surface area contributed by atoms with Crippen LogP contribution in [0.2, 0.25) is 5.02 Å². The molecule has 0 radical (unpaired) electrons. The lowest BCUT2D eigenvalue weighted by Crippen LogP contribution is -2.12. The van der Waals surface area contributed by atoms with Crippen molar-refractivity contribution < 1.29 is 0 Å².